The lowest BCUT2D eigenvalue weighted by Gasteiger charge is -2.40. The molecule has 0 aromatic heterocycles. The highest BCUT2D eigenvalue weighted by atomic mass is 16.5. The number of ether oxygens (including phenoxy) is 1. The van der Waals surface area contributed by atoms with E-state index >= 15 is 0 Å². The number of allylic oxidation sites excluding steroid dienone is 3. The molecular weight excluding hydrogens is 276 g/mol. The van der Waals surface area contributed by atoms with Crippen LogP contribution in [0.3, 0.4) is 0 Å². The van der Waals surface area contributed by atoms with Crippen molar-refractivity contribution in [3.8, 4) is 0 Å². The zero-order valence-corrected chi connectivity index (χ0v) is 14.7. The first-order valence-corrected chi connectivity index (χ1v) is 8.70. The summed E-state index contributed by atoms with van der Waals surface area (Å²) >= 11 is 0. The lowest BCUT2D eigenvalue weighted by atomic mass is 9.63. The summed E-state index contributed by atoms with van der Waals surface area (Å²) in [4.78, 5) is 12.3. The van der Waals surface area contributed by atoms with Crippen molar-refractivity contribution in [1.82, 2.24) is 0 Å². The van der Waals surface area contributed by atoms with Gasteiger partial charge in [0.2, 0.25) is 0 Å². The van der Waals surface area contributed by atoms with Crippen molar-refractivity contribution in [2.45, 2.75) is 65.7 Å². The second-order valence-corrected chi connectivity index (χ2v) is 6.28. The fourth-order valence-electron chi connectivity index (χ4n) is 3.61. The molecule has 3 nitrogen and oxygen atoms in total. The van der Waals surface area contributed by atoms with Crippen LogP contribution < -0.4 is 0 Å². The van der Waals surface area contributed by atoms with Crippen molar-refractivity contribution in [2.24, 2.45) is 11.3 Å². The van der Waals surface area contributed by atoms with Gasteiger partial charge in [-0.05, 0) is 25.7 Å². The van der Waals surface area contributed by atoms with Crippen molar-refractivity contribution in [3.05, 3.63) is 23.3 Å². The lowest BCUT2D eigenvalue weighted by Crippen LogP contribution is -2.40. The number of aliphatic carboxylic acids is 1. The number of hydrogen-bond acceptors (Lipinski definition) is 2. The van der Waals surface area contributed by atoms with E-state index in [2.05, 4.69) is 26.8 Å². The molecule has 1 aliphatic carbocycles. The van der Waals surface area contributed by atoms with Gasteiger partial charge in [0.05, 0.1) is 5.41 Å². The molecule has 2 unspecified atom stereocenters. The van der Waals surface area contributed by atoms with Crippen LogP contribution in [0.15, 0.2) is 23.3 Å². The molecule has 0 aromatic rings. The minimum Gasteiger partial charge on any atom is -0.481 e. The molecule has 2 atom stereocenters. The molecule has 126 valence electrons. The van der Waals surface area contributed by atoms with Gasteiger partial charge in [0.1, 0.15) is 0 Å². The minimum atomic E-state index is -0.751. The highest BCUT2D eigenvalue weighted by Crippen LogP contribution is 2.47. The van der Waals surface area contributed by atoms with E-state index in [0.717, 1.165) is 44.9 Å². The molecule has 0 aromatic carbocycles. The third-order valence-corrected chi connectivity index (χ3v) is 4.90. The van der Waals surface area contributed by atoms with Crippen molar-refractivity contribution < 1.29 is 14.6 Å². The second-order valence-electron chi connectivity index (χ2n) is 6.28. The molecule has 0 radical (unpaired) electrons. The fourth-order valence-corrected chi connectivity index (χ4v) is 3.61. The Morgan fingerprint density at radius 1 is 1.27 bits per heavy atom. The van der Waals surface area contributed by atoms with Crippen LogP contribution in [0, 0.1) is 11.3 Å². The Morgan fingerprint density at radius 3 is 2.50 bits per heavy atom. The Balaban J connectivity index is 3.20. The van der Waals surface area contributed by atoms with Crippen molar-refractivity contribution in [1.29, 1.82) is 0 Å². The quantitative estimate of drug-likeness (QED) is 0.579. The molecule has 0 aliphatic heterocycles. The summed E-state index contributed by atoms with van der Waals surface area (Å²) in [5.41, 5.74) is 1.69. The Kier molecular flexibility index (Phi) is 7.88. The maximum atomic E-state index is 12.3. The molecule has 1 rings (SSSR count). The zero-order valence-electron chi connectivity index (χ0n) is 14.7. The van der Waals surface area contributed by atoms with Crippen molar-refractivity contribution >= 4 is 5.97 Å². The Labute approximate surface area is 135 Å². The summed E-state index contributed by atoms with van der Waals surface area (Å²) in [5, 5.41) is 10.1. The molecule has 0 saturated carbocycles. The van der Waals surface area contributed by atoms with Gasteiger partial charge in [-0.15, -0.1) is 0 Å². The first kappa shape index (κ1) is 19.0. The van der Waals surface area contributed by atoms with Gasteiger partial charge in [-0.1, -0.05) is 63.3 Å². The van der Waals surface area contributed by atoms with Crippen LogP contribution in [-0.2, 0) is 9.53 Å². The van der Waals surface area contributed by atoms with Crippen molar-refractivity contribution in [2.75, 3.05) is 13.7 Å². The maximum absolute atomic E-state index is 12.3. The molecule has 1 aliphatic rings. The second kappa shape index (κ2) is 9.14. The maximum Gasteiger partial charge on any atom is 0.314 e. The van der Waals surface area contributed by atoms with Crippen LogP contribution in [0.25, 0.3) is 0 Å². The van der Waals surface area contributed by atoms with Gasteiger partial charge in [-0.2, -0.15) is 0 Å². The summed E-state index contributed by atoms with van der Waals surface area (Å²) in [6.45, 7) is 6.99. The molecule has 0 amide bonds. The highest BCUT2D eigenvalue weighted by molar-refractivity contribution is 5.79. The summed E-state index contributed by atoms with van der Waals surface area (Å²) in [5.74, 6) is -0.614. The number of carboxylic acid groups (broad SMARTS) is 1. The predicted octanol–water partition coefficient (Wildman–Crippen LogP) is 4.98. The number of unbranched alkanes of at least 4 members (excludes halogenated alkanes) is 2. The summed E-state index contributed by atoms with van der Waals surface area (Å²) in [6.07, 6.45) is 10.7. The van der Waals surface area contributed by atoms with Gasteiger partial charge in [0.25, 0.3) is 0 Å². The van der Waals surface area contributed by atoms with E-state index in [1.54, 1.807) is 7.11 Å². The van der Waals surface area contributed by atoms with Crippen LogP contribution in [-0.4, -0.2) is 24.8 Å². The van der Waals surface area contributed by atoms with E-state index in [4.69, 9.17) is 4.74 Å². The van der Waals surface area contributed by atoms with Crippen LogP contribution in [0.4, 0.5) is 0 Å². The number of carboxylic acids is 1. The van der Waals surface area contributed by atoms with Gasteiger partial charge in [-0.25, -0.2) is 0 Å². The Bertz CT molecular complexity index is 422. The third-order valence-electron chi connectivity index (χ3n) is 4.90. The normalized spacial score (nSPS) is 24.8. The van der Waals surface area contributed by atoms with Crippen LogP contribution in [0.1, 0.15) is 65.7 Å². The summed E-state index contributed by atoms with van der Waals surface area (Å²) in [6, 6.07) is 0. The van der Waals surface area contributed by atoms with Gasteiger partial charge >= 0.3 is 5.97 Å². The first-order valence-electron chi connectivity index (χ1n) is 8.70. The molecule has 3 heteroatoms. The van der Waals surface area contributed by atoms with Crippen LogP contribution >= 0.6 is 0 Å². The largest absolute Gasteiger partial charge is 0.481 e. The predicted molar refractivity (Wildman–Crippen MR) is 90.9 cm³/mol. The standard InChI is InChI=1S/C19H32O3/c1-5-8-9-11-19(18(20)21)14-15(6-2)13-16(7-3)17(19)10-12-22-4/h13-14,17H,5-12H2,1-4H3,(H,20,21). The highest BCUT2D eigenvalue weighted by Gasteiger charge is 2.46. The lowest BCUT2D eigenvalue weighted by molar-refractivity contribution is -0.149. The van der Waals surface area contributed by atoms with Gasteiger partial charge in [0, 0.05) is 19.6 Å². The number of methoxy groups -OCH3 is 1. The van der Waals surface area contributed by atoms with E-state index in [0.29, 0.717) is 6.61 Å². The van der Waals surface area contributed by atoms with E-state index in [1.165, 1.54) is 11.1 Å². The molecule has 0 saturated heterocycles. The number of hydrogen-bond donors (Lipinski definition) is 1. The summed E-state index contributed by atoms with van der Waals surface area (Å²) in [7, 11) is 1.69. The third kappa shape index (κ3) is 4.22. The molecule has 0 bridgehead atoms. The topological polar surface area (TPSA) is 46.5 Å². The molecular formula is C19H32O3. The molecule has 0 fully saturated rings. The van der Waals surface area contributed by atoms with Crippen LogP contribution in [0.2, 0.25) is 0 Å². The van der Waals surface area contributed by atoms with Gasteiger partial charge in [-0.3, -0.25) is 4.79 Å². The van der Waals surface area contributed by atoms with Gasteiger partial charge < -0.3 is 9.84 Å². The zero-order chi connectivity index (χ0) is 16.6. The number of rotatable bonds is 10. The minimum absolute atomic E-state index is 0.0575. The number of carbonyl (C=O) groups is 1. The average molecular weight is 308 g/mol. The van der Waals surface area contributed by atoms with E-state index in [-0.39, 0.29) is 5.92 Å². The molecule has 1 N–H and O–H groups in total. The van der Waals surface area contributed by atoms with Gasteiger partial charge in [0.15, 0.2) is 0 Å². The van der Waals surface area contributed by atoms with E-state index < -0.39 is 11.4 Å². The molecule has 0 heterocycles. The van der Waals surface area contributed by atoms with E-state index in [9.17, 15) is 9.90 Å². The Morgan fingerprint density at radius 2 is 2.00 bits per heavy atom. The smallest absolute Gasteiger partial charge is 0.314 e. The summed E-state index contributed by atoms with van der Waals surface area (Å²) < 4.78 is 5.25. The SMILES string of the molecule is CCCCCC1(C(=O)O)C=C(CC)C=C(CC)C1CCOC. The van der Waals surface area contributed by atoms with E-state index in [1.807, 2.05) is 6.08 Å². The Hall–Kier alpha value is -1.09. The monoisotopic (exact) mass is 308 g/mol. The molecule has 22 heavy (non-hydrogen) atoms. The van der Waals surface area contributed by atoms with Crippen molar-refractivity contribution in [3.63, 3.8) is 0 Å². The average Bonchev–Trinajstić information content (AvgIpc) is 2.52. The molecule has 0 spiro atoms. The fraction of sp³-hybridized carbons (Fsp3) is 0.737. The first-order chi connectivity index (χ1) is 10.6. The van der Waals surface area contributed by atoms with Crippen LogP contribution in [0.5, 0.6) is 0 Å².